The molecular formula is C9H10BrN3S. The van der Waals surface area contributed by atoms with Gasteiger partial charge in [-0.25, -0.2) is 9.97 Å². The maximum absolute atomic E-state index is 4.34. The fourth-order valence-electron chi connectivity index (χ4n) is 2.10. The predicted octanol–water partition coefficient (Wildman–Crippen LogP) is 1.93. The van der Waals surface area contributed by atoms with Crippen LogP contribution in [-0.4, -0.2) is 33.6 Å². The molecule has 2 atom stereocenters. The molecule has 2 aliphatic rings. The lowest BCUT2D eigenvalue weighted by molar-refractivity contribution is 0.738. The van der Waals surface area contributed by atoms with Crippen LogP contribution in [0.15, 0.2) is 16.9 Å². The molecule has 2 bridgehead atoms. The van der Waals surface area contributed by atoms with Gasteiger partial charge in [-0.1, -0.05) is 0 Å². The molecule has 0 N–H and O–H groups in total. The fourth-order valence-corrected chi connectivity index (χ4v) is 3.74. The second kappa shape index (κ2) is 3.38. The molecule has 0 aromatic carbocycles. The van der Waals surface area contributed by atoms with Gasteiger partial charge in [-0.3, -0.25) is 0 Å². The molecule has 2 fully saturated rings. The lowest BCUT2D eigenvalue weighted by Crippen LogP contribution is -2.35. The first-order valence-corrected chi connectivity index (χ1v) is 6.53. The Balaban J connectivity index is 1.86. The number of anilines is 1. The molecule has 3 heterocycles. The van der Waals surface area contributed by atoms with E-state index >= 15 is 0 Å². The number of hydrogen-bond donors (Lipinski definition) is 0. The van der Waals surface area contributed by atoms with Crippen LogP contribution in [0.1, 0.15) is 6.42 Å². The molecular weight excluding hydrogens is 262 g/mol. The minimum absolute atomic E-state index is 0.672. The smallest absolute Gasteiger partial charge is 0.225 e. The monoisotopic (exact) mass is 271 g/mol. The van der Waals surface area contributed by atoms with Crippen molar-refractivity contribution in [1.82, 2.24) is 9.97 Å². The average molecular weight is 272 g/mol. The van der Waals surface area contributed by atoms with E-state index in [2.05, 4.69) is 42.6 Å². The summed E-state index contributed by atoms with van der Waals surface area (Å²) in [4.78, 5) is 11.0. The van der Waals surface area contributed by atoms with Crippen molar-refractivity contribution in [3.8, 4) is 0 Å². The van der Waals surface area contributed by atoms with Crippen molar-refractivity contribution in [3.05, 3.63) is 16.9 Å². The Bertz CT molecular complexity index is 342. The van der Waals surface area contributed by atoms with Crippen molar-refractivity contribution in [1.29, 1.82) is 0 Å². The molecule has 2 aliphatic heterocycles. The Morgan fingerprint density at radius 3 is 2.79 bits per heavy atom. The van der Waals surface area contributed by atoms with Crippen LogP contribution >= 0.6 is 27.7 Å². The molecule has 3 rings (SSSR count). The largest absolute Gasteiger partial charge is 0.336 e. The van der Waals surface area contributed by atoms with Crippen LogP contribution in [-0.2, 0) is 0 Å². The van der Waals surface area contributed by atoms with Crippen LogP contribution in [0, 0.1) is 0 Å². The molecule has 5 heteroatoms. The van der Waals surface area contributed by atoms with E-state index in [0.29, 0.717) is 6.04 Å². The zero-order valence-electron chi connectivity index (χ0n) is 7.56. The second-order valence-corrected chi connectivity index (χ2v) is 5.95. The van der Waals surface area contributed by atoms with Crippen LogP contribution in [0.3, 0.4) is 0 Å². The van der Waals surface area contributed by atoms with E-state index < -0.39 is 0 Å². The number of thioether (sulfide) groups is 1. The van der Waals surface area contributed by atoms with Crippen LogP contribution in [0.2, 0.25) is 0 Å². The highest BCUT2D eigenvalue weighted by Crippen LogP contribution is 2.38. The third-order valence-electron chi connectivity index (χ3n) is 2.76. The van der Waals surface area contributed by atoms with Gasteiger partial charge in [0.2, 0.25) is 5.95 Å². The fraction of sp³-hybridized carbons (Fsp3) is 0.556. The van der Waals surface area contributed by atoms with E-state index in [9.17, 15) is 0 Å². The first-order chi connectivity index (χ1) is 6.83. The molecule has 1 aromatic rings. The molecule has 0 saturated carbocycles. The second-order valence-electron chi connectivity index (χ2n) is 3.70. The summed E-state index contributed by atoms with van der Waals surface area (Å²) in [6.45, 7) is 1.12. The molecule has 14 heavy (non-hydrogen) atoms. The van der Waals surface area contributed by atoms with Crippen molar-refractivity contribution in [2.45, 2.75) is 17.7 Å². The van der Waals surface area contributed by atoms with Crippen molar-refractivity contribution in [3.63, 3.8) is 0 Å². The Labute approximate surface area is 95.4 Å². The summed E-state index contributed by atoms with van der Waals surface area (Å²) in [6, 6.07) is 0.672. The maximum atomic E-state index is 4.34. The standard InChI is InChI=1S/C9H10BrN3S/c10-6-2-11-9(12-3-6)13-4-8-1-7(13)5-14-8/h2-3,7-8H,1,4-5H2. The van der Waals surface area contributed by atoms with E-state index in [1.165, 1.54) is 12.2 Å². The number of fused-ring (bicyclic) bond motifs is 2. The third-order valence-corrected chi connectivity index (χ3v) is 4.56. The summed E-state index contributed by atoms with van der Waals surface area (Å²) in [7, 11) is 0. The Morgan fingerprint density at radius 1 is 1.43 bits per heavy atom. The Hall–Kier alpha value is -0.290. The lowest BCUT2D eigenvalue weighted by Gasteiger charge is -2.26. The van der Waals surface area contributed by atoms with Gasteiger partial charge in [0.05, 0.1) is 4.47 Å². The highest BCUT2D eigenvalue weighted by atomic mass is 79.9. The van der Waals surface area contributed by atoms with Gasteiger partial charge < -0.3 is 4.90 Å². The first kappa shape index (κ1) is 8.97. The van der Waals surface area contributed by atoms with Gasteiger partial charge in [0.1, 0.15) is 0 Å². The van der Waals surface area contributed by atoms with Crippen LogP contribution < -0.4 is 4.90 Å². The van der Waals surface area contributed by atoms with E-state index in [1.807, 2.05) is 12.4 Å². The van der Waals surface area contributed by atoms with Crippen molar-refractivity contribution in [2.24, 2.45) is 0 Å². The van der Waals surface area contributed by atoms with Crippen molar-refractivity contribution in [2.75, 3.05) is 17.2 Å². The summed E-state index contributed by atoms with van der Waals surface area (Å²) in [5.74, 6) is 2.13. The van der Waals surface area contributed by atoms with Gasteiger partial charge in [-0.15, -0.1) is 0 Å². The summed E-state index contributed by atoms with van der Waals surface area (Å²) in [5.41, 5.74) is 0. The van der Waals surface area contributed by atoms with Gasteiger partial charge in [0, 0.05) is 36.0 Å². The average Bonchev–Trinajstić information content (AvgIpc) is 2.80. The SMILES string of the molecule is Brc1cnc(N2CC3CC2CS3)nc1. The minimum Gasteiger partial charge on any atom is -0.336 e. The quantitative estimate of drug-likeness (QED) is 0.781. The third kappa shape index (κ3) is 1.42. The zero-order chi connectivity index (χ0) is 9.54. The number of nitrogens with zero attached hydrogens (tertiary/aromatic N) is 3. The molecule has 0 spiro atoms. The maximum Gasteiger partial charge on any atom is 0.225 e. The molecule has 2 saturated heterocycles. The summed E-state index contributed by atoms with van der Waals surface area (Å²) < 4.78 is 0.944. The summed E-state index contributed by atoms with van der Waals surface area (Å²) in [5, 5.41) is 0.812. The molecule has 74 valence electrons. The van der Waals surface area contributed by atoms with Crippen LogP contribution in [0.25, 0.3) is 0 Å². The summed E-state index contributed by atoms with van der Waals surface area (Å²) in [6.07, 6.45) is 4.95. The Kier molecular flexibility index (Phi) is 2.17. The van der Waals surface area contributed by atoms with E-state index in [4.69, 9.17) is 0 Å². The predicted molar refractivity (Wildman–Crippen MR) is 61.7 cm³/mol. The van der Waals surface area contributed by atoms with Crippen molar-refractivity contribution >= 4 is 33.6 Å². The van der Waals surface area contributed by atoms with Gasteiger partial charge >= 0.3 is 0 Å². The van der Waals surface area contributed by atoms with Crippen LogP contribution in [0.5, 0.6) is 0 Å². The molecule has 0 amide bonds. The number of aromatic nitrogens is 2. The molecule has 3 nitrogen and oxygen atoms in total. The topological polar surface area (TPSA) is 29.0 Å². The highest BCUT2D eigenvalue weighted by molar-refractivity contribution is 9.10. The van der Waals surface area contributed by atoms with Crippen LogP contribution in [0.4, 0.5) is 5.95 Å². The normalized spacial score (nSPS) is 29.9. The first-order valence-electron chi connectivity index (χ1n) is 4.69. The van der Waals surface area contributed by atoms with Gasteiger partial charge in [-0.2, -0.15) is 11.8 Å². The molecule has 2 unspecified atom stereocenters. The minimum atomic E-state index is 0.672. The van der Waals surface area contributed by atoms with E-state index in [1.54, 1.807) is 0 Å². The number of halogens is 1. The van der Waals surface area contributed by atoms with Gasteiger partial charge in [-0.05, 0) is 22.4 Å². The molecule has 0 aliphatic carbocycles. The molecule has 1 aromatic heterocycles. The van der Waals surface area contributed by atoms with Crippen molar-refractivity contribution < 1.29 is 0 Å². The highest BCUT2D eigenvalue weighted by Gasteiger charge is 2.39. The van der Waals surface area contributed by atoms with E-state index in [-0.39, 0.29) is 0 Å². The summed E-state index contributed by atoms with van der Waals surface area (Å²) >= 11 is 5.43. The lowest BCUT2D eigenvalue weighted by atomic mass is 10.2. The number of hydrogen-bond acceptors (Lipinski definition) is 4. The zero-order valence-corrected chi connectivity index (χ0v) is 9.96. The van der Waals surface area contributed by atoms with E-state index in [0.717, 1.165) is 22.2 Å². The Morgan fingerprint density at radius 2 is 2.21 bits per heavy atom. The molecule has 0 radical (unpaired) electrons. The van der Waals surface area contributed by atoms with Gasteiger partial charge in [0.25, 0.3) is 0 Å². The van der Waals surface area contributed by atoms with Gasteiger partial charge in [0.15, 0.2) is 0 Å². The number of rotatable bonds is 1.